The number of benzene rings is 1. The summed E-state index contributed by atoms with van der Waals surface area (Å²) in [6.45, 7) is 5.90. The number of halogens is 2. The van der Waals surface area contributed by atoms with Crippen LogP contribution in [0.1, 0.15) is 49.0 Å². The van der Waals surface area contributed by atoms with E-state index in [9.17, 15) is 0 Å². The van der Waals surface area contributed by atoms with Gasteiger partial charge in [-0.2, -0.15) is 13.9 Å². The molecule has 0 saturated carbocycles. The highest BCUT2D eigenvalue weighted by Crippen LogP contribution is 2.39. The van der Waals surface area contributed by atoms with Gasteiger partial charge in [-0.25, -0.2) is 0 Å². The van der Waals surface area contributed by atoms with Gasteiger partial charge in [0.05, 0.1) is 35.2 Å². The molecule has 0 bridgehead atoms. The smallest absolute Gasteiger partial charge is 0.298 e. The largest absolute Gasteiger partial charge is 0.380 e. The van der Waals surface area contributed by atoms with E-state index in [1.54, 1.807) is 19.2 Å². The van der Waals surface area contributed by atoms with Crippen molar-refractivity contribution in [1.29, 1.82) is 0 Å². The molecule has 2 aliphatic rings. The van der Waals surface area contributed by atoms with E-state index in [4.69, 9.17) is 9.47 Å². The molecule has 2 aromatic heterocycles. The first-order valence-electron chi connectivity index (χ1n) is 12.1. The first-order valence-corrected chi connectivity index (χ1v) is 12.1. The lowest BCUT2D eigenvalue weighted by atomic mass is 9.97. The number of rotatable bonds is 7. The minimum absolute atomic E-state index is 0.0268. The van der Waals surface area contributed by atoms with E-state index in [1.165, 1.54) is 6.07 Å². The second kappa shape index (κ2) is 9.62. The van der Waals surface area contributed by atoms with Gasteiger partial charge in [0.2, 0.25) is 0 Å². The van der Waals surface area contributed by atoms with Crippen LogP contribution in [0.3, 0.4) is 0 Å². The third-order valence-corrected chi connectivity index (χ3v) is 7.07. The van der Waals surface area contributed by atoms with E-state index < -0.39 is 12.0 Å². The normalized spacial score (nSPS) is 21.6. The van der Waals surface area contributed by atoms with Crippen molar-refractivity contribution in [3.8, 4) is 0 Å². The molecule has 3 aromatic rings. The van der Waals surface area contributed by atoms with Gasteiger partial charge < -0.3 is 19.7 Å². The molecule has 9 heteroatoms. The maximum atomic E-state index is 15.0. The summed E-state index contributed by atoms with van der Waals surface area (Å²) < 4.78 is 40.9. The lowest BCUT2D eigenvalue weighted by molar-refractivity contribution is -0.122. The van der Waals surface area contributed by atoms with Crippen LogP contribution >= 0.6 is 0 Å². The third-order valence-electron chi connectivity index (χ3n) is 7.07. The summed E-state index contributed by atoms with van der Waals surface area (Å²) in [7, 11) is 1.74. The molecule has 1 unspecified atom stereocenters. The maximum Gasteiger partial charge on any atom is 0.298 e. The van der Waals surface area contributed by atoms with Crippen molar-refractivity contribution in [1.82, 2.24) is 15.2 Å². The molecule has 4 heterocycles. The lowest BCUT2D eigenvalue weighted by Gasteiger charge is -2.24. The number of hydrogen-bond acceptors (Lipinski definition) is 7. The molecule has 1 N–H and O–H groups in total. The number of methoxy groups -OCH3 is 1. The van der Waals surface area contributed by atoms with Gasteiger partial charge in [0.15, 0.2) is 5.82 Å². The zero-order valence-electron chi connectivity index (χ0n) is 20.3. The van der Waals surface area contributed by atoms with Gasteiger partial charge in [0.1, 0.15) is 6.10 Å². The predicted octanol–water partition coefficient (Wildman–Crippen LogP) is 5.00. The van der Waals surface area contributed by atoms with Crippen LogP contribution in [0.4, 0.5) is 20.3 Å². The predicted molar refractivity (Wildman–Crippen MR) is 131 cm³/mol. The lowest BCUT2D eigenvalue weighted by Crippen LogP contribution is -2.30. The van der Waals surface area contributed by atoms with E-state index in [0.717, 1.165) is 47.4 Å². The highest BCUT2D eigenvalue weighted by atomic mass is 19.3. The molecular formula is C26H31F2N5O2. The van der Waals surface area contributed by atoms with Gasteiger partial charge in [0, 0.05) is 37.8 Å². The van der Waals surface area contributed by atoms with Gasteiger partial charge in [-0.05, 0) is 50.8 Å². The average molecular weight is 484 g/mol. The van der Waals surface area contributed by atoms with E-state index in [1.807, 2.05) is 26.1 Å². The zero-order valence-corrected chi connectivity index (χ0v) is 20.3. The Labute approximate surface area is 203 Å². The van der Waals surface area contributed by atoms with Crippen molar-refractivity contribution in [3.05, 3.63) is 53.3 Å². The number of ether oxygens (including phenoxy) is 2. The van der Waals surface area contributed by atoms with Gasteiger partial charge in [-0.3, -0.25) is 4.98 Å². The van der Waals surface area contributed by atoms with Crippen LogP contribution in [0.2, 0.25) is 0 Å². The Morgan fingerprint density at radius 2 is 2.09 bits per heavy atom. The number of pyridine rings is 1. The summed E-state index contributed by atoms with van der Waals surface area (Å²) in [5, 5.41) is 12.9. The van der Waals surface area contributed by atoms with Crippen molar-refractivity contribution in [2.24, 2.45) is 0 Å². The minimum Gasteiger partial charge on any atom is -0.380 e. The molecule has 0 amide bonds. The van der Waals surface area contributed by atoms with Crippen LogP contribution in [0.25, 0.3) is 10.9 Å². The molecule has 2 fully saturated rings. The maximum absolute atomic E-state index is 15.0. The molecule has 0 aliphatic carbocycles. The van der Waals surface area contributed by atoms with Crippen molar-refractivity contribution < 1.29 is 18.3 Å². The first kappa shape index (κ1) is 23.8. The monoisotopic (exact) mass is 483 g/mol. The van der Waals surface area contributed by atoms with Crippen molar-refractivity contribution in [2.75, 3.05) is 37.0 Å². The molecule has 0 spiro atoms. The highest BCUT2D eigenvalue weighted by Gasteiger charge is 2.44. The standard InChI is InChI=1S/C26H31F2N5O2/c1-16(18-6-4-7-19(12-18)26(27,28)23-8-5-11-35-23)30-25-22-13-20(33-10-9-21(15-33)34-3)14-29-24(22)17(2)31-32-25/h4,6-7,12-14,16,21,23H,5,8-11,15H2,1-3H3,(H,30,32)/t16-,21+,23?/m1/s1. The molecule has 3 atom stereocenters. The Bertz CT molecular complexity index is 1200. The number of nitrogens with one attached hydrogen (secondary N) is 1. The third kappa shape index (κ3) is 4.67. The van der Waals surface area contributed by atoms with Gasteiger partial charge >= 0.3 is 0 Å². The molecule has 7 nitrogen and oxygen atoms in total. The number of alkyl halides is 2. The summed E-state index contributed by atoms with van der Waals surface area (Å²) in [5.74, 6) is -2.46. The number of aromatic nitrogens is 3. The molecule has 2 saturated heterocycles. The Morgan fingerprint density at radius 1 is 1.23 bits per heavy atom. The van der Waals surface area contributed by atoms with Crippen molar-refractivity contribution >= 4 is 22.4 Å². The Morgan fingerprint density at radius 3 is 2.83 bits per heavy atom. The minimum atomic E-state index is -3.03. The number of anilines is 2. The summed E-state index contributed by atoms with van der Waals surface area (Å²) in [4.78, 5) is 6.92. The van der Waals surface area contributed by atoms with Crippen LogP contribution in [0.15, 0.2) is 36.5 Å². The summed E-state index contributed by atoms with van der Waals surface area (Å²) >= 11 is 0. The molecular weight excluding hydrogens is 452 g/mol. The van der Waals surface area contributed by atoms with Crippen LogP contribution in [0.5, 0.6) is 0 Å². The molecule has 5 rings (SSSR count). The molecule has 0 radical (unpaired) electrons. The fourth-order valence-corrected chi connectivity index (χ4v) is 4.94. The fourth-order valence-electron chi connectivity index (χ4n) is 4.94. The first-order chi connectivity index (χ1) is 16.9. The van der Waals surface area contributed by atoms with E-state index >= 15 is 8.78 Å². The van der Waals surface area contributed by atoms with Gasteiger partial charge in [0.25, 0.3) is 5.92 Å². The van der Waals surface area contributed by atoms with Crippen molar-refractivity contribution in [3.63, 3.8) is 0 Å². The quantitative estimate of drug-likeness (QED) is 0.507. The topological polar surface area (TPSA) is 72.4 Å². The number of aryl methyl sites for hydroxylation is 1. The molecule has 2 aliphatic heterocycles. The summed E-state index contributed by atoms with van der Waals surface area (Å²) in [6.07, 6.45) is 3.00. The number of nitrogens with zero attached hydrogens (tertiary/aromatic N) is 4. The molecule has 1 aromatic carbocycles. The second-order valence-electron chi connectivity index (χ2n) is 9.43. The van der Waals surface area contributed by atoms with Gasteiger partial charge in [-0.1, -0.05) is 18.2 Å². The summed E-state index contributed by atoms with van der Waals surface area (Å²) in [5.41, 5.74) is 3.21. The average Bonchev–Trinajstić information content (AvgIpc) is 3.58. The van der Waals surface area contributed by atoms with E-state index in [-0.39, 0.29) is 17.7 Å². The number of fused-ring (bicyclic) bond motifs is 1. The van der Waals surface area contributed by atoms with Crippen LogP contribution in [-0.4, -0.2) is 54.2 Å². The second-order valence-corrected chi connectivity index (χ2v) is 9.43. The van der Waals surface area contributed by atoms with E-state index in [2.05, 4.69) is 31.5 Å². The van der Waals surface area contributed by atoms with Gasteiger partial charge in [-0.15, -0.1) is 5.10 Å². The molecule has 35 heavy (non-hydrogen) atoms. The summed E-state index contributed by atoms with van der Waals surface area (Å²) in [6, 6.07) is 8.34. The zero-order chi connectivity index (χ0) is 24.6. The fraction of sp³-hybridized carbons (Fsp3) is 0.500. The Balaban J connectivity index is 1.42. The van der Waals surface area contributed by atoms with Crippen molar-refractivity contribution in [2.45, 2.75) is 57.3 Å². The highest BCUT2D eigenvalue weighted by molar-refractivity contribution is 5.92. The van der Waals surface area contributed by atoms with Crippen LogP contribution < -0.4 is 10.2 Å². The van der Waals surface area contributed by atoms with Crippen LogP contribution in [-0.2, 0) is 15.4 Å². The van der Waals surface area contributed by atoms with Crippen LogP contribution in [0, 0.1) is 6.92 Å². The number of hydrogen-bond donors (Lipinski definition) is 1. The molecule has 186 valence electrons. The Kier molecular flexibility index (Phi) is 6.55. The SMILES string of the molecule is CO[C@H]1CCN(c2cnc3c(C)nnc(N[C@H](C)c4cccc(C(F)(F)C5CCCO5)c4)c3c2)C1. The van der Waals surface area contributed by atoms with E-state index in [0.29, 0.717) is 25.3 Å². The Hall–Kier alpha value is -2.91.